The number of hydrogen-bond donors (Lipinski definition) is 1. The fraction of sp³-hybridized carbons (Fsp3) is 0.833. The van der Waals surface area contributed by atoms with Crippen LogP contribution in [-0.2, 0) is 14.3 Å². The van der Waals surface area contributed by atoms with Crippen molar-refractivity contribution in [2.75, 3.05) is 38.6 Å². The van der Waals surface area contributed by atoms with Crippen molar-refractivity contribution in [2.24, 2.45) is 0 Å². The van der Waals surface area contributed by atoms with Gasteiger partial charge in [0.15, 0.2) is 0 Å². The van der Waals surface area contributed by atoms with Crippen molar-refractivity contribution in [1.29, 1.82) is 0 Å². The maximum Gasteiger partial charge on any atom is 0.245 e. The molecule has 0 spiro atoms. The number of hydrogen-bond acceptors (Lipinski definition) is 4. The van der Waals surface area contributed by atoms with Crippen LogP contribution in [0.1, 0.15) is 19.3 Å². The van der Waals surface area contributed by atoms with E-state index in [1.54, 1.807) is 9.80 Å². The van der Waals surface area contributed by atoms with Crippen LogP contribution < -0.4 is 0 Å². The van der Waals surface area contributed by atoms with Gasteiger partial charge in [0.2, 0.25) is 11.8 Å². The molecule has 2 aliphatic heterocycles. The lowest BCUT2D eigenvalue weighted by Crippen LogP contribution is -2.61. The molecule has 0 aromatic heterocycles. The Hall–Kier alpha value is -0.750. The highest BCUT2D eigenvalue weighted by molar-refractivity contribution is 7.80. The van der Waals surface area contributed by atoms with E-state index < -0.39 is 0 Å². The van der Waals surface area contributed by atoms with E-state index in [1.807, 2.05) is 0 Å². The van der Waals surface area contributed by atoms with Gasteiger partial charge in [0.05, 0.1) is 19.8 Å². The molecular weight excluding hydrogens is 252 g/mol. The smallest absolute Gasteiger partial charge is 0.245 e. The Morgan fingerprint density at radius 2 is 2.11 bits per heavy atom. The molecule has 0 aromatic rings. The number of carbonyl (C=O) groups is 2. The SMILES string of the molecule is O=C1C2CCCCN2C(=O)CN1CCOCCS. The monoisotopic (exact) mass is 272 g/mol. The second-order valence-electron chi connectivity index (χ2n) is 4.69. The van der Waals surface area contributed by atoms with Crippen LogP contribution in [0.2, 0.25) is 0 Å². The summed E-state index contributed by atoms with van der Waals surface area (Å²) in [5.74, 6) is 0.834. The number of amides is 2. The first-order valence-corrected chi connectivity index (χ1v) is 7.14. The average molecular weight is 272 g/mol. The van der Waals surface area contributed by atoms with Gasteiger partial charge in [-0.3, -0.25) is 9.59 Å². The minimum absolute atomic E-state index is 0.0773. The topological polar surface area (TPSA) is 49.9 Å². The third-order valence-corrected chi connectivity index (χ3v) is 3.67. The zero-order valence-corrected chi connectivity index (χ0v) is 11.4. The summed E-state index contributed by atoms with van der Waals surface area (Å²) < 4.78 is 5.31. The highest BCUT2D eigenvalue weighted by Crippen LogP contribution is 2.22. The van der Waals surface area contributed by atoms with Crippen molar-refractivity contribution in [3.63, 3.8) is 0 Å². The number of carbonyl (C=O) groups excluding carboxylic acids is 2. The van der Waals surface area contributed by atoms with Gasteiger partial charge in [-0.15, -0.1) is 0 Å². The third-order valence-electron chi connectivity index (χ3n) is 3.49. The van der Waals surface area contributed by atoms with Gasteiger partial charge in [-0.1, -0.05) is 0 Å². The lowest BCUT2D eigenvalue weighted by molar-refractivity contribution is -0.158. The van der Waals surface area contributed by atoms with Crippen LogP contribution in [0.5, 0.6) is 0 Å². The molecule has 5 nitrogen and oxygen atoms in total. The van der Waals surface area contributed by atoms with Crippen molar-refractivity contribution in [2.45, 2.75) is 25.3 Å². The minimum atomic E-state index is -0.218. The number of fused-ring (bicyclic) bond motifs is 1. The van der Waals surface area contributed by atoms with Crippen LogP contribution in [0, 0.1) is 0 Å². The van der Waals surface area contributed by atoms with Crippen LogP contribution in [0.25, 0.3) is 0 Å². The summed E-state index contributed by atoms with van der Waals surface area (Å²) in [6.07, 6.45) is 2.85. The van der Waals surface area contributed by atoms with Crippen LogP contribution >= 0.6 is 12.6 Å². The van der Waals surface area contributed by atoms with Crippen molar-refractivity contribution in [1.82, 2.24) is 9.80 Å². The van der Waals surface area contributed by atoms with E-state index in [2.05, 4.69) is 12.6 Å². The molecule has 1 unspecified atom stereocenters. The van der Waals surface area contributed by atoms with Gasteiger partial charge in [-0.05, 0) is 19.3 Å². The summed E-state index contributed by atoms with van der Waals surface area (Å²) in [7, 11) is 0. The molecule has 102 valence electrons. The fourth-order valence-corrected chi connectivity index (χ4v) is 2.69. The highest BCUT2D eigenvalue weighted by atomic mass is 32.1. The number of rotatable bonds is 5. The number of ether oxygens (including phenoxy) is 1. The molecule has 2 fully saturated rings. The molecule has 2 heterocycles. The van der Waals surface area contributed by atoms with E-state index in [4.69, 9.17) is 4.74 Å². The second kappa shape index (κ2) is 6.43. The van der Waals surface area contributed by atoms with Gasteiger partial charge in [0.1, 0.15) is 6.04 Å². The zero-order valence-electron chi connectivity index (χ0n) is 10.5. The maximum absolute atomic E-state index is 12.2. The lowest BCUT2D eigenvalue weighted by atomic mass is 9.98. The Balaban J connectivity index is 1.88. The molecule has 6 heteroatoms. The summed E-state index contributed by atoms with van der Waals surface area (Å²) in [5, 5.41) is 0. The summed E-state index contributed by atoms with van der Waals surface area (Å²) in [4.78, 5) is 27.6. The number of thiol groups is 1. The van der Waals surface area contributed by atoms with Crippen molar-refractivity contribution < 1.29 is 14.3 Å². The Morgan fingerprint density at radius 3 is 2.89 bits per heavy atom. The number of piperazine rings is 1. The van der Waals surface area contributed by atoms with E-state index in [0.29, 0.717) is 25.5 Å². The standard InChI is InChI=1S/C12H20N2O3S/c15-11-9-13(5-6-17-7-8-18)12(16)10-3-1-2-4-14(10)11/h10,18H,1-9H2. The summed E-state index contributed by atoms with van der Waals surface area (Å²) >= 11 is 4.05. The van der Waals surface area contributed by atoms with Crippen molar-refractivity contribution in [3.05, 3.63) is 0 Å². The molecule has 2 saturated heterocycles. The molecule has 0 saturated carbocycles. The first-order valence-electron chi connectivity index (χ1n) is 6.51. The Morgan fingerprint density at radius 1 is 1.28 bits per heavy atom. The van der Waals surface area contributed by atoms with Gasteiger partial charge in [-0.2, -0.15) is 12.6 Å². The average Bonchev–Trinajstić information content (AvgIpc) is 2.40. The van der Waals surface area contributed by atoms with Gasteiger partial charge in [0, 0.05) is 18.8 Å². The minimum Gasteiger partial charge on any atom is -0.379 e. The molecule has 2 rings (SSSR count). The molecule has 2 amide bonds. The number of nitrogens with zero attached hydrogens (tertiary/aromatic N) is 2. The van der Waals surface area contributed by atoms with Crippen molar-refractivity contribution >= 4 is 24.4 Å². The second-order valence-corrected chi connectivity index (χ2v) is 5.14. The van der Waals surface area contributed by atoms with Gasteiger partial charge >= 0.3 is 0 Å². The highest BCUT2D eigenvalue weighted by Gasteiger charge is 2.39. The van der Waals surface area contributed by atoms with Gasteiger partial charge in [-0.25, -0.2) is 0 Å². The Kier molecular flexibility index (Phi) is 4.88. The Labute approximate surface area is 113 Å². The largest absolute Gasteiger partial charge is 0.379 e. The van der Waals surface area contributed by atoms with Gasteiger partial charge in [0.25, 0.3) is 0 Å². The first-order chi connectivity index (χ1) is 8.74. The molecule has 18 heavy (non-hydrogen) atoms. The molecule has 0 radical (unpaired) electrons. The number of piperidine rings is 1. The maximum atomic E-state index is 12.2. The molecule has 0 N–H and O–H groups in total. The van der Waals surface area contributed by atoms with E-state index >= 15 is 0 Å². The third kappa shape index (κ3) is 2.98. The normalized spacial score (nSPS) is 24.4. The summed E-state index contributed by atoms with van der Waals surface area (Å²) in [6.45, 7) is 2.50. The van der Waals surface area contributed by atoms with Crippen molar-refractivity contribution in [3.8, 4) is 0 Å². The van der Waals surface area contributed by atoms with E-state index in [0.717, 1.165) is 25.8 Å². The summed E-state index contributed by atoms with van der Waals surface area (Å²) in [6, 6.07) is -0.218. The van der Waals surface area contributed by atoms with Crippen LogP contribution in [0.3, 0.4) is 0 Å². The first kappa shape index (κ1) is 13.7. The molecule has 2 aliphatic rings. The van der Waals surface area contributed by atoms with Gasteiger partial charge < -0.3 is 14.5 Å². The van der Waals surface area contributed by atoms with E-state index in [-0.39, 0.29) is 24.4 Å². The summed E-state index contributed by atoms with van der Waals surface area (Å²) in [5.41, 5.74) is 0. The predicted molar refractivity (Wildman–Crippen MR) is 70.6 cm³/mol. The molecule has 0 bridgehead atoms. The van der Waals surface area contributed by atoms with Crippen LogP contribution in [0.4, 0.5) is 0 Å². The predicted octanol–water partition coefficient (Wildman–Crippen LogP) is 0.156. The van der Waals surface area contributed by atoms with Crippen LogP contribution in [-0.4, -0.2) is 66.3 Å². The van der Waals surface area contributed by atoms with E-state index in [9.17, 15) is 9.59 Å². The Bertz CT molecular complexity index is 324. The van der Waals surface area contributed by atoms with E-state index in [1.165, 1.54) is 0 Å². The zero-order chi connectivity index (χ0) is 13.0. The lowest BCUT2D eigenvalue weighted by Gasteiger charge is -2.42. The van der Waals surface area contributed by atoms with Crippen LogP contribution in [0.15, 0.2) is 0 Å². The molecule has 0 aliphatic carbocycles. The quantitative estimate of drug-likeness (QED) is 0.573. The molecule has 0 aromatic carbocycles. The molecule has 1 atom stereocenters. The molecular formula is C12H20N2O3S. The fourth-order valence-electron chi connectivity index (χ4n) is 2.56.